The minimum Gasteiger partial charge on any atom is -0.497 e. The standard InChI is InChI=1S/C26H27NO6S/c1-30-21-12-14-22(15-13-21)32-24-8-5-9-25-26(24)34(28,29)27(20-10-11-20)16-23(33-25)18-31-17-19-6-3-2-4-7-19/h2-9,12-15,20,23H,10-11,16-18H2,1H3. The molecule has 3 aromatic rings. The van der Waals surface area contributed by atoms with E-state index in [4.69, 9.17) is 18.9 Å². The topological polar surface area (TPSA) is 74.3 Å². The van der Waals surface area contributed by atoms with Crippen LogP contribution < -0.4 is 14.2 Å². The summed E-state index contributed by atoms with van der Waals surface area (Å²) in [6.07, 6.45) is 1.25. The quantitative estimate of drug-likeness (QED) is 0.468. The van der Waals surface area contributed by atoms with E-state index >= 15 is 0 Å². The first kappa shape index (κ1) is 22.7. The maximum Gasteiger partial charge on any atom is 0.250 e. The minimum atomic E-state index is -3.83. The van der Waals surface area contributed by atoms with Crippen LogP contribution in [0.4, 0.5) is 0 Å². The Balaban J connectivity index is 1.42. The van der Waals surface area contributed by atoms with E-state index in [0.29, 0.717) is 18.1 Å². The van der Waals surface area contributed by atoms with Crippen molar-refractivity contribution in [1.82, 2.24) is 4.31 Å². The van der Waals surface area contributed by atoms with Gasteiger partial charge < -0.3 is 18.9 Å². The van der Waals surface area contributed by atoms with Crippen LogP contribution in [-0.2, 0) is 21.4 Å². The second-order valence-corrected chi connectivity index (χ2v) is 10.2. The van der Waals surface area contributed by atoms with Crippen molar-refractivity contribution in [3.8, 4) is 23.0 Å². The molecule has 5 rings (SSSR count). The smallest absolute Gasteiger partial charge is 0.250 e. The van der Waals surface area contributed by atoms with Crippen LogP contribution in [0.25, 0.3) is 0 Å². The predicted molar refractivity (Wildman–Crippen MR) is 127 cm³/mol. The molecule has 0 bridgehead atoms. The summed E-state index contributed by atoms with van der Waals surface area (Å²) in [7, 11) is -2.24. The van der Waals surface area contributed by atoms with E-state index < -0.39 is 16.1 Å². The Morgan fingerprint density at radius 2 is 1.68 bits per heavy atom. The second-order valence-electron chi connectivity index (χ2n) is 8.41. The molecule has 0 saturated heterocycles. The largest absolute Gasteiger partial charge is 0.497 e. The Kier molecular flexibility index (Phi) is 6.45. The van der Waals surface area contributed by atoms with Gasteiger partial charge in [0.15, 0.2) is 10.6 Å². The fourth-order valence-corrected chi connectivity index (χ4v) is 5.94. The zero-order chi connectivity index (χ0) is 23.5. The number of methoxy groups -OCH3 is 1. The number of ether oxygens (including phenoxy) is 4. The predicted octanol–water partition coefficient (Wildman–Crippen LogP) is 4.62. The third kappa shape index (κ3) is 4.89. The molecule has 1 atom stereocenters. The molecule has 178 valence electrons. The third-order valence-electron chi connectivity index (χ3n) is 5.84. The first-order valence-electron chi connectivity index (χ1n) is 11.3. The van der Waals surface area contributed by atoms with Gasteiger partial charge >= 0.3 is 0 Å². The first-order chi connectivity index (χ1) is 16.5. The Morgan fingerprint density at radius 1 is 0.941 bits per heavy atom. The Bertz CT molecular complexity index is 1230. The van der Waals surface area contributed by atoms with Gasteiger partial charge in [-0.25, -0.2) is 8.42 Å². The second kappa shape index (κ2) is 9.66. The summed E-state index contributed by atoms with van der Waals surface area (Å²) in [6.45, 7) is 0.944. The minimum absolute atomic E-state index is 0.0229. The molecule has 0 N–H and O–H groups in total. The Hall–Kier alpha value is -3.07. The van der Waals surface area contributed by atoms with Crippen molar-refractivity contribution in [1.29, 1.82) is 0 Å². The fraction of sp³-hybridized carbons (Fsp3) is 0.308. The van der Waals surface area contributed by atoms with Crippen molar-refractivity contribution < 1.29 is 27.4 Å². The number of hydrogen-bond acceptors (Lipinski definition) is 6. The van der Waals surface area contributed by atoms with Gasteiger partial charge in [-0.1, -0.05) is 36.4 Å². The maximum absolute atomic E-state index is 13.8. The Labute approximate surface area is 199 Å². The van der Waals surface area contributed by atoms with E-state index in [1.165, 1.54) is 0 Å². The lowest BCUT2D eigenvalue weighted by Gasteiger charge is -2.23. The van der Waals surface area contributed by atoms with E-state index in [2.05, 4.69) is 0 Å². The number of fused-ring (bicyclic) bond motifs is 1. The van der Waals surface area contributed by atoms with E-state index in [1.54, 1.807) is 53.9 Å². The van der Waals surface area contributed by atoms with Gasteiger partial charge in [0.1, 0.15) is 23.4 Å². The molecule has 0 spiro atoms. The number of rotatable bonds is 8. The highest BCUT2D eigenvalue weighted by atomic mass is 32.2. The van der Waals surface area contributed by atoms with Gasteiger partial charge in [0.25, 0.3) is 10.0 Å². The zero-order valence-corrected chi connectivity index (χ0v) is 19.7. The van der Waals surface area contributed by atoms with Crippen LogP contribution in [0, 0.1) is 0 Å². The van der Waals surface area contributed by atoms with E-state index in [0.717, 1.165) is 18.4 Å². The van der Waals surface area contributed by atoms with Gasteiger partial charge in [0.05, 0.1) is 26.9 Å². The van der Waals surface area contributed by atoms with Gasteiger partial charge in [-0.15, -0.1) is 0 Å². The summed E-state index contributed by atoms with van der Waals surface area (Å²) in [5.74, 6) is 1.71. The van der Waals surface area contributed by atoms with Crippen LogP contribution in [0.2, 0.25) is 0 Å². The first-order valence-corrected chi connectivity index (χ1v) is 12.7. The molecular weight excluding hydrogens is 454 g/mol. The normalized spacial score (nSPS) is 19.5. The van der Waals surface area contributed by atoms with Crippen LogP contribution in [0.1, 0.15) is 18.4 Å². The third-order valence-corrected chi connectivity index (χ3v) is 7.83. The SMILES string of the molecule is COc1ccc(Oc2cccc3c2S(=O)(=O)N(C2CC2)CC(COCc2ccccc2)O3)cc1. The van der Waals surface area contributed by atoms with Crippen molar-refractivity contribution in [3.63, 3.8) is 0 Å². The summed E-state index contributed by atoms with van der Waals surface area (Å²) >= 11 is 0. The molecule has 7 nitrogen and oxygen atoms in total. The Morgan fingerprint density at radius 3 is 2.38 bits per heavy atom. The van der Waals surface area contributed by atoms with E-state index in [1.807, 2.05) is 30.3 Å². The van der Waals surface area contributed by atoms with E-state index in [9.17, 15) is 8.42 Å². The van der Waals surface area contributed by atoms with Crippen molar-refractivity contribution in [2.45, 2.75) is 36.5 Å². The molecule has 3 aromatic carbocycles. The average molecular weight is 482 g/mol. The fourth-order valence-electron chi connectivity index (χ4n) is 4.00. The van der Waals surface area contributed by atoms with Crippen molar-refractivity contribution in [2.24, 2.45) is 0 Å². The molecule has 2 aliphatic rings. The lowest BCUT2D eigenvalue weighted by molar-refractivity contribution is 0.0334. The van der Waals surface area contributed by atoms with E-state index in [-0.39, 0.29) is 35.6 Å². The average Bonchev–Trinajstić information content (AvgIpc) is 3.69. The molecule has 1 aliphatic heterocycles. The van der Waals surface area contributed by atoms with Crippen LogP contribution in [0.5, 0.6) is 23.0 Å². The van der Waals surface area contributed by atoms with Crippen LogP contribution >= 0.6 is 0 Å². The number of benzene rings is 3. The summed E-state index contributed by atoms with van der Waals surface area (Å²) in [5.41, 5.74) is 1.05. The molecule has 0 aromatic heterocycles. The maximum atomic E-state index is 13.8. The van der Waals surface area contributed by atoms with Gasteiger partial charge in [-0.2, -0.15) is 4.31 Å². The summed E-state index contributed by atoms with van der Waals surface area (Å²) in [5, 5.41) is 0. The van der Waals surface area contributed by atoms with Crippen LogP contribution in [-0.4, -0.2) is 45.1 Å². The van der Waals surface area contributed by atoms with Gasteiger partial charge in [0.2, 0.25) is 0 Å². The molecule has 1 saturated carbocycles. The summed E-state index contributed by atoms with van der Waals surface area (Å²) < 4.78 is 52.4. The molecule has 0 radical (unpaired) electrons. The number of sulfonamides is 1. The van der Waals surface area contributed by atoms with Gasteiger partial charge in [-0.05, 0) is 54.8 Å². The molecule has 0 amide bonds. The van der Waals surface area contributed by atoms with Crippen molar-refractivity contribution in [3.05, 3.63) is 78.4 Å². The summed E-state index contributed by atoms with van der Waals surface area (Å²) in [4.78, 5) is 0.0586. The van der Waals surface area contributed by atoms with Gasteiger partial charge in [-0.3, -0.25) is 0 Å². The van der Waals surface area contributed by atoms with Crippen LogP contribution in [0.3, 0.4) is 0 Å². The highest BCUT2D eigenvalue weighted by molar-refractivity contribution is 7.89. The molecule has 34 heavy (non-hydrogen) atoms. The molecule has 1 heterocycles. The molecule has 8 heteroatoms. The molecule has 1 unspecified atom stereocenters. The molecular formula is C26H27NO6S. The zero-order valence-electron chi connectivity index (χ0n) is 18.9. The van der Waals surface area contributed by atoms with Crippen molar-refractivity contribution in [2.75, 3.05) is 20.3 Å². The summed E-state index contributed by atoms with van der Waals surface area (Å²) in [6, 6.07) is 21.9. The number of nitrogens with zero attached hydrogens (tertiary/aromatic N) is 1. The lowest BCUT2D eigenvalue weighted by Crippen LogP contribution is -2.40. The molecule has 1 fully saturated rings. The highest BCUT2D eigenvalue weighted by Gasteiger charge is 2.44. The highest BCUT2D eigenvalue weighted by Crippen LogP contribution is 2.43. The van der Waals surface area contributed by atoms with Gasteiger partial charge in [0, 0.05) is 6.04 Å². The van der Waals surface area contributed by atoms with Crippen molar-refractivity contribution >= 4 is 10.0 Å². The monoisotopic (exact) mass is 481 g/mol. The van der Waals surface area contributed by atoms with Crippen LogP contribution in [0.15, 0.2) is 77.7 Å². The molecule has 1 aliphatic carbocycles. The number of hydrogen-bond donors (Lipinski definition) is 0. The lowest BCUT2D eigenvalue weighted by atomic mass is 10.2.